The fraction of sp³-hybridized carbons (Fsp3) is 0.545. The molecule has 1 aromatic heterocycles. The normalized spacial score (nSPS) is 12.9. The number of hydrogen-bond donors (Lipinski definition) is 1. The Kier molecular flexibility index (Phi) is 4.54. The van der Waals surface area contributed by atoms with Gasteiger partial charge in [0.1, 0.15) is 5.82 Å². The molecule has 1 rings (SSSR count). The van der Waals surface area contributed by atoms with Gasteiger partial charge in [-0.1, -0.05) is 0 Å². The molecule has 0 aromatic carbocycles. The summed E-state index contributed by atoms with van der Waals surface area (Å²) in [7, 11) is 4.15. The second-order valence-corrected chi connectivity index (χ2v) is 4.81. The van der Waals surface area contributed by atoms with E-state index in [1.807, 2.05) is 19.1 Å². The third kappa shape index (κ3) is 3.80. The van der Waals surface area contributed by atoms with Crippen molar-refractivity contribution in [2.45, 2.75) is 19.9 Å². The van der Waals surface area contributed by atoms with Gasteiger partial charge in [0.2, 0.25) is 0 Å². The Hall–Kier alpha value is -0.610. The van der Waals surface area contributed by atoms with Crippen LogP contribution in [0.15, 0.2) is 16.6 Å². The van der Waals surface area contributed by atoms with E-state index in [1.54, 1.807) is 0 Å². The Morgan fingerprint density at radius 3 is 2.67 bits per heavy atom. The summed E-state index contributed by atoms with van der Waals surface area (Å²) in [5.41, 5.74) is 1.01. The molecule has 15 heavy (non-hydrogen) atoms. The quantitative estimate of drug-likeness (QED) is 0.912. The van der Waals surface area contributed by atoms with Crippen LogP contribution in [0.1, 0.15) is 12.6 Å². The number of pyridine rings is 1. The molecule has 1 aromatic rings. The van der Waals surface area contributed by atoms with Gasteiger partial charge in [0.25, 0.3) is 0 Å². The van der Waals surface area contributed by atoms with Gasteiger partial charge in [0.15, 0.2) is 0 Å². The Morgan fingerprint density at radius 1 is 1.47 bits per heavy atom. The molecule has 1 atom stereocenters. The highest BCUT2D eigenvalue weighted by molar-refractivity contribution is 9.10. The molecule has 1 heterocycles. The maximum atomic E-state index is 4.43. The van der Waals surface area contributed by atoms with E-state index in [2.05, 4.69) is 52.1 Å². The number of aryl methyl sites for hydroxylation is 1. The molecular weight excluding hydrogens is 254 g/mol. The highest BCUT2D eigenvalue weighted by Crippen LogP contribution is 2.16. The predicted molar refractivity (Wildman–Crippen MR) is 68.3 cm³/mol. The number of aromatic nitrogens is 1. The highest BCUT2D eigenvalue weighted by atomic mass is 79.9. The van der Waals surface area contributed by atoms with E-state index in [1.165, 1.54) is 0 Å². The lowest BCUT2D eigenvalue weighted by Crippen LogP contribution is -2.31. The van der Waals surface area contributed by atoms with Gasteiger partial charge in [-0.05, 0) is 56.0 Å². The van der Waals surface area contributed by atoms with Gasteiger partial charge in [-0.3, -0.25) is 0 Å². The van der Waals surface area contributed by atoms with Crippen LogP contribution in [0.2, 0.25) is 0 Å². The first-order valence-electron chi connectivity index (χ1n) is 5.04. The van der Waals surface area contributed by atoms with Crippen LogP contribution < -0.4 is 5.32 Å². The van der Waals surface area contributed by atoms with Crippen molar-refractivity contribution in [3.05, 3.63) is 22.3 Å². The summed E-state index contributed by atoms with van der Waals surface area (Å²) >= 11 is 3.43. The third-order valence-corrected chi connectivity index (χ3v) is 3.32. The van der Waals surface area contributed by atoms with E-state index in [9.17, 15) is 0 Å². The van der Waals surface area contributed by atoms with E-state index in [-0.39, 0.29) is 0 Å². The van der Waals surface area contributed by atoms with Gasteiger partial charge in [-0.2, -0.15) is 0 Å². The van der Waals surface area contributed by atoms with Crippen LogP contribution >= 0.6 is 15.9 Å². The highest BCUT2D eigenvalue weighted by Gasteiger charge is 2.04. The van der Waals surface area contributed by atoms with Gasteiger partial charge in [-0.25, -0.2) is 4.98 Å². The minimum Gasteiger partial charge on any atom is -0.369 e. The van der Waals surface area contributed by atoms with Crippen molar-refractivity contribution >= 4 is 21.7 Å². The predicted octanol–water partition coefficient (Wildman–Crippen LogP) is 2.51. The van der Waals surface area contributed by atoms with Gasteiger partial charge < -0.3 is 10.2 Å². The number of halogens is 1. The first-order valence-corrected chi connectivity index (χ1v) is 5.83. The number of rotatable bonds is 4. The van der Waals surface area contributed by atoms with Gasteiger partial charge in [-0.15, -0.1) is 0 Å². The molecule has 0 aliphatic rings. The lowest BCUT2D eigenvalue weighted by molar-refractivity contribution is 0.326. The van der Waals surface area contributed by atoms with E-state index >= 15 is 0 Å². The number of anilines is 1. The summed E-state index contributed by atoms with van der Waals surface area (Å²) in [4.78, 5) is 6.61. The molecule has 3 nitrogen and oxygen atoms in total. The van der Waals surface area contributed by atoms with Crippen molar-refractivity contribution in [2.75, 3.05) is 26.0 Å². The fourth-order valence-electron chi connectivity index (χ4n) is 1.08. The van der Waals surface area contributed by atoms with Crippen molar-refractivity contribution in [1.29, 1.82) is 0 Å². The summed E-state index contributed by atoms with van der Waals surface area (Å²) in [5, 5.41) is 3.32. The molecule has 1 unspecified atom stereocenters. The average molecular weight is 272 g/mol. The molecular formula is C11H18BrN3. The number of hydrogen-bond acceptors (Lipinski definition) is 3. The average Bonchev–Trinajstić information content (AvgIpc) is 2.19. The maximum absolute atomic E-state index is 4.43. The van der Waals surface area contributed by atoms with Crippen LogP contribution in [-0.4, -0.2) is 36.6 Å². The zero-order valence-electron chi connectivity index (χ0n) is 9.71. The number of nitrogens with zero attached hydrogens (tertiary/aromatic N) is 2. The largest absolute Gasteiger partial charge is 0.369 e. The SMILES string of the molecule is Cc1nc(NCC(C)N(C)C)ccc1Br. The van der Waals surface area contributed by atoms with E-state index < -0.39 is 0 Å². The monoisotopic (exact) mass is 271 g/mol. The second kappa shape index (κ2) is 5.47. The Morgan fingerprint density at radius 2 is 2.13 bits per heavy atom. The molecule has 1 N–H and O–H groups in total. The van der Waals surface area contributed by atoms with Crippen LogP contribution in [0.25, 0.3) is 0 Å². The van der Waals surface area contributed by atoms with E-state index in [4.69, 9.17) is 0 Å². The lowest BCUT2D eigenvalue weighted by Gasteiger charge is -2.20. The summed E-state index contributed by atoms with van der Waals surface area (Å²) in [6.45, 7) is 5.07. The Bertz CT molecular complexity index is 326. The van der Waals surface area contributed by atoms with Crippen molar-refractivity contribution in [2.24, 2.45) is 0 Å². The number of nitrogens with one attached hydrogen (secondary N) is 1. The minimum atomic E-state index is 0.496. The number of likely N-dealkylation sites (N-methyl/N-ethyl adjacent to an activating group) is 1. The van der Waals surface area contributed by atoms with Crippen molar-refractivity contribution in [3.8, 4) is 0 Å². The van der Waals surface area contributed by atoms with Crippen LogP contribution in [0.3, 0.4) is 0 Å². The first kappa shape index (κ1) is 12.5. The standard InChI is InChI=1S/C11H18BrN3/c1-8(15(3)4)7-13-11-6-5-10(12)9(2)14-11/h5-6,8H,7H2,1-4H3,(H,13,14). The third-order valence-electron chi connectivity index (χ3n) is 2.48. The molecule has 0 radical (unpaired) electrons. The molecule has 84 valence electrons. The summed E-state index contributed by atoms with van der Waals surface area (Å²) in [6, 6.07) is 4.50. The Balaban J connectivity index is 2.55. The molecule has 4 heteroatoms. The van der Waals surface area contributed by atoms with Crippen LogP contribution in [0.4, 0.5) is 5.82 Å². The van der Waals surface area contributed by atoms with Crippen molar-refractivity contribution in [1.82, 2.24) is 9.88 Å². The summed E-state index contributed by atoms with van der Waals surface area (Å²) in [5.74, 6) is 0.935. The summed E-state index contributed by atoms with van der Waals surface area (Å²) < 4.78 is 1.05. The van der Waals surface area contributed by atoms with Crippen LogP contribution in [0, 0.1) is 6.92 Å². The topological polar surface area (TPSA) is 28.2 Å². The lowest BCUT2D eigenvalue weighted by atomic mass is 10.3. The Labute approximate surface area is 100 Å². The second-order valence-electron chi connectivity index (χ2n) is 3.96. The van der Waals surface area contributed by atoms with Gasteiger partial charge in [0.05, 0.1) is 5.69 Å². The van der Waals surface area contributed by atoms with Crippen molar-refractivity contribution in [3.63, 3.8) is 0 Å². The van der Waals surface area contributed by atoms with Gasteiger partial charge >= 0.3 is 0 Å². The molecule has 0 spiro atoms. The summed E-state index contributed by atoms with van der Waals surface area (Å²) in [6.07, 6.45) is 0. The zero-order chi connectivity index (χ0) is 11.4. The molecule has 0 aliphatic heterocycles. The molecule has 0 aliphatic carbocycles. The van der Waals surface area contributed by atoms with Crippen LogP contribution in [-0.2, 0) is 0 Å². The van der Waals surface area contributed by atoms with E-state index in [0.717, 1.165) is 22.5 Å². The smallest absolute Gasteiger partial charge is 0.126 e. The molecule has 0 saturated carbocycles. The van der Waals surface area contributed by atoms with Gasteiger partial charge in [0, 0.05) is 17.1 Å². The fourth-order valence-corrected chi connectivity index (χ4v) is 1.30. The molecule has 0 bridgehead atoms. The minimum absolute atomic E-state index is 0.496. The maximum Gasteiger partial charge on any atom is 0.126 e. The molecule has 0 fully saturated rings. The first-order chi connectivity index (χ1) is 7.00. The van der Waals surface area contributed by atoms with Crippen LogP contribution in [0.5, 0.6) is 0 Å². The zero-order valence-corrected chi connectivity index (χ0v) is 11.3. The van der Waals surface area contributed by atoms with Crippen molar-refractivity contribution < 1.29 is 0 Å². The van der Waals surface area contributed by atoms with E-state index in [0.29, 0.717) is 6.04 Å². The molecule has 0 saturated heterocycles. The molecule has 0 amide bonds.